The lowest BCUT2D eigenvalue weighted by atomic mass is 10.0. The minimum Gasteiger partial charge on any atom is -0.505 e. The molecule has 0 aliphatic heterocycles. The zero-order valence-corrected chi connectivity index (χ0v) is 11.1. The number of phenols is 1. The average molecular weight is 299 g/mol. The van der Waals surface area contributed by atoms with Gasteiger partial charge in [0.1, 0.15) is 0 Å². The van der Waals surface area contributed by atoms with Crippen molar-refractivity contribution in [3.63, 3.8) is 0 Å². The number of aromatic hydroxyl groups is 1. The molecule has 2 aromatic carbocycles. The number of phenolic OH excluding ortho intramolecular Hbond substituents is 1. The predicted molar refractivity (Wildman–Crippen MR) is 71.5 cm³/mol. The number of rotatable bonds is 3. The van der Waals surface area contributed by atoms with Gasteiger partial charge in [-0.3, -0.25) is 0 Å². The molecule has 6 heteroatoms. The maximum absolute atomic E-state index is 13.2. The topological polar surface area (TPSA) is 32.3 Å². The molecule has 0 fully saturated rings. The van der Waals surface area contributed by atoms with E-state index < -0.39 is 29.3 Å². The summed E-state index contributed by atoms with van der Waals surface area (Å²) in [6.45, 7) is 1.55. The van der Waals surface area contributed by atoms with Crippen LogP contribution in [0.5, 0.6) is 5.75 Å². The molecule has 0 heterocycles. The first kappa shape index (κ1) is 15.2. The summed E-state index contributed by atoms with van der Waals surface area (Å²) in [5.41, 5.74) is -0.377. The van der Waals surface area contributed by atoms with Crippen molar-refractivity contribution in [2.24, 2.45) is 0 Å². The highest BCUT2D eigenvalue weighted by molar-refractivity contribution is 5.49. The zero-order valence-electron chi connectivity index (χ0n) is 11.1. The lowest BCUT2D eigenvalue weighted by molar-refractivity contribution is -0.138. The van der Waals surface area contributed by atoms with E-state index in [0.717, 1.165) is 18.2 Å². The fourth-order valence-electron chi connectivity index (χ4n) is 2.06. The van der Waals surface area contributed by atoms with Crippen molar-refractivity contribution in [2.75, 3.05) is 5.32 Å². The summed E-state index contributed by atoms with van der Waals surface area (Å²) < 4.78 is 52.1. The molecule has 2 aromatic rings. The first-order chi connectivity index (χ1) is 9.79. The van der Waals surface area contributed by atoms with Gasteiger partial charge in [-0.05, 0) is 30.7 Å². The summed E-state index contributed by atoms with van der Waals surface area (Å²) in [7, 11) is 0. The first-order valence-electron chi connectivity index (χ1n) is 6.20. The third-order valence-electron chi connectivity index (χ3n) is 3.06. The van der Waals surface area contributed by atoms with Gasteiger partial charge in [-0.1, -0.05) is 18.2 Å². The molecule has 0 saturated heterocycles. The number of anilines is 1. The minimum atomic E-state index is -4.45. The molecule has 112 valence electrons. The van der Waals surface area contributed by atoms with Gasteiger partial charge in [0.05, 0.1) is 5.56 Å². The number of hydrogen-bond acceptors (Lipinski definition) is 2. The molecule has 2 N–H and O–H groups in total. The molecule has 0 amide bonds. The summed E-state index contributed by atoms with van der Waals surface area (Å²) in [6, 6.07) is 8.10. The standard InChI is InChI=1S/C15H13F4NO/c1-9(20-10-6-7-14(21)13(16)8-10)11-4-2-3-5-12(11)15(17,18)19/h2-9,20-21H,1H3. The normalized spacial score (nSPS) is 13.0. The highest BCUT2D eigenvalue weighted by Crippen LogP contribution is 2.35. The van der Waals surface area contributed by atoms with Crippen LogP contribution in [-0.4, -0.2) is 5.11 Å². The van der Waals surface area contributed by atoms with Crippen LogP contribution in [0.15, 0.2) is 42.5 Å². The third-order valence-corrected chi connectivity index (χ3v) is 3.06. The summed E-state index contributed by atoms with van der Waals surface area (Å²) in [5, 5.41) is 11.9. The molecule has 1 unspecified atom stereocenters. The second kappa shape index (κ2) is 5.63. The van der Waals surface area contributed by atoms with Crippen LogP contribution in [0.4, 0.5) is 23.2 Å². The van der Waals surface area contributed by atoms with E-state index >= 15 is 0 Å². The Labute approximate surface area is 119 Å². The Kier molecular flexibility index (Phi) is 4.06. The molecule has 2 nitrogen and oxygen atoms in total. The highest BCUT2D eigenvalue weighted by Gasteiger charge is 2.34. The molecule has 0 aromatic heterocycles. The molecule has 0 bridgehead atoms. The smallest absolute Gasteiger partial charge is 0.416 e. The van der Waals surface area contributed by atoms with Gasteiger partial charge in [0.15, 0.2) is 11.6 Å². The molecule has 1 atom stereocenters. The van der Waals surface area contributed by atoms with Crippen LogP contribution in [-0.2, 0) is 6.18 Å². The average Bonchev–Trinajstić information content (AvgIpc) is 2.42. The van der Waals surface area contributed by atoms with Gasteiger partial charge in [0.2, 0.25) is 0 Å². The Balaban J connectivity index is 2.28. The maximum atomic E-state index is 13.2. The van der Waals surface area contributed by atoms with Crippen LogP contribution in [0.2, 0.25) is 0 Å². The highest BCUT2D eigenvalue weighted by atomic mass is 19.4. The van der Waals surface area contributed by atoms with E-state index in [0.29, 0.717) is 0 Å². The summed E-state index contributed by atoms with van der Waals surface area (Å²) >= 11 is 0. The van der Waals surface area contributed by atoms with Crippen LogP contribution >= 0.6 is 0 Å². The van der Waals surface area contributed by atoms with E-state index in [1.165, 1.54) is 24.3 Å². The van der Waals surface area contributed by atoms with Crippen molar-refractivity contribution < 1.29 is 22.7 Å². The largest absolute Gasteiger partial charge is 0.505 e. The van der Waals surface area contributed by atoms with Crippen molar-refractivity contribution in [1.29, 1.82) is 0 Å². The Hall–Kier alpha value is -2.24. The number of nitrogens with one attached hydrogen (secondary N) is 1. The molecule has 0 spiro atoms. The molecule has 0 saturated carbocycles. The summed E-state index contributed by atoms with van der Waals surface area (Å²) in [6.07, 6.45) is -4.45. The summed E-state index contributed by atoms with van der Waals surface area (Å²) in [5.74, 6) is -1.35. The van der Waals surface area contributed by atoms with Gasteiger partial charge < -0.3 is 10.4 Å². The SMILES string of the molecule is CC(Nc1ccc(O)c(F)c1)c1ccccc1C(F)(F)F. The fraction of sp³-hybridized carbons (Fsp3) is 0.200. The Morgan fingerprint density at radius 2 is 1.76 bits per heavy atom. The monoisotopic (exact) mass is 299 g/mol. The number of halogens is 4. The molecule has 0 aliphatic carbocycles. The number of hydrogen-bond donors (Lipinski definition) is 2. The minimum absolute atomic E-state index is 0.0680. The molecule has 0 aliphatic rings. The van der Waals surface area contributed by atoms with Crippen molar-refractivity contribution in [1.82, 2.24) is 0 Å². The Bertz CT molecular complexity index is 640. The summed E-state index contributed by atoms with van der Waals surface area (Å²) in [4.78, 5) is 0. The third kappa shape index (κ3) is 3.45. The van der Waals surface area contributed by atoms with Crippen LogP contribution in [0.3, 0.4) is 0 Å². The lowest BCUT2D eigenvalue weighted by Crippen LogP contribution is -2.15. The van der Waals surface area contributed by atoms with Gasteiger partial charge in [-0.2, -0.15) is 13.2 Å². The van der Waals surface area contributed by atoms with Crippen molar-refractivity contribution >= 4 is 5.69 Å². The Morgan fingerprint density at radius 3 is 2.38 bits per heavy atom. The predicted octanol–water partition coefficient (Wildman–Crippen LogP) is 4.72. The lowest BCUT2D eigenvalue weighted by Gasteiger charge is -2.20. The molecule has 0 radical (unpaired) electrons. The fourth-order valence-corrected chi connectivity index (χ4v) is 2.06. The van der Waals surface area contributed by atoms with Crippen LogP contribution < -0.4 is 5.32 Å². The van der Waals surface area contributed by atoms with E-state index in [1.54, 1.807) is 6.92 Å². The van der Waals surface area contributed by atoms with Crippen LogP contribution in [0, 0.1) is 5.82 Å². The molecular formula is C15H13F4NO. The van der Waals surface area contributed by atoms with E-state index in [-0.39, 0.29) is 11.3 Å². The van der Waals surface area contributed by atoms with E-state index in [9.17, 15) is 17.6 Å². The van der Waals surface area contributed by atoms with E-state index in [4.69, 9.17) is 5.11 Å². The van der Waals surface area contributed by atoms with Crippen LogP contribution in [0.25, 0.3) is 0 Å². The second-order valence-corrected chi connectivity index (χ2v) is 4.62. The van der Waals surface area contributed by atoms with Gasteiger partial charge in [-0.15, -0.1) is 0 Å². The van der Waals surface area contributed by atoms with Gasteiger partial charge in [0, 0.05) is 17.8 Å². The number of benzene rings is 2. The maximum Gasteiger partial charge on any atom is 0.416 e. The van der Waals surface area contributed by atoms with E-state index in [2.05, 4.69) is 5.32 Å². The van der Waals surface area contributed by atoms with Crippen LogP contribution in [0.1, 0.15) is 24.1 Å². The number of alkyl halides is 3. The van der Waals surface area contributed by atoms with Crippen molar-refractivity contribution in [3.8, 4) is 5.75 Å². The Morgan fingerprint density at radius 1 is 1.10 bits per heavy atom. The quantitative estimate of drug-likeness (QED) is 0.634. The molecule has 21 heavy (non-hydrogen) atoms. The molecular weight excluding hydrogens is 286 g/mol. The molecule has 2 rings (SSSR count). The van der Waals surface area contributed by atoms with Gasteiger partial charge >= 0.3 is 6.18 Å². The van der Waals surface area contributed by atoms with Crippen molar-refractivity contribution in [2.45, 2.75) is 19.1 Å². The zero-order chi connectivity index (χ0) is 15.6. The first-order valence-corrected chi connectivity index (χ1v) is 6.20. The van der Waals surface area contributed by atoms with Gasteiger partial charge in [-0.25, -0.2) is 4.39 Å². The van der Waals surface area contributed by atoms with E-state index in [1.807, 2.05) is 0 Å². The second-order valence-electron chi connectivity index (χ2n) is 4.62. The van der Waals surface area contributed by atoms with Gasteiger partial charge in [0.25, 0.3) is 0 Å². The van der Waals surface area contributed by atoms with Crippen molar-refractivity contribution in [3.05, 3.63) is 59.4 Å².